The highest BCUT2D eigenvalue weighted by molar-refractivity contribution is 5.94. The van der Waals surface area contributed by atoms with Crippen LogP contribution in [0.3, 0.4) is 0 Å². The fourth-order valence-electron chi connectivity index (χ4n) is 4.22. The SMILES string of the molecule is CC(=O)N1CCc2ccccc2C1CC(=O)N(Cc1ccccc1)c1ccccc1. The maximum atomic E-state index is 13.6. The predicted octanol–water partition coefficient (Wildman–Crippen LogP) is 4.76. The van der Waals surface area contributed by atoms with Crippen molar-refractivity contribution in [2.45, 2.75) is 32.4 Å². The van der Waals surface area contributed by atoms with Crippen LogP contribution in [0.1, 0.15) is 36.1 Å². The Morgan fingerprint density at radius 3 is 2.23 bits per heavy atom. The van der Waals surface area contributed by atoms with Gasteiger partial charge < -0.3 is 9.80 Å². The minimum atomic E-state index is -0.234. The van der Waals surface area contributed by atoms with Crippen LogP contribution in [-0.2, 0) is 22.6 Å². The van der Waals surface area contributed by atoms with Crippen LogP contribution in [-0.4, -0.2) is 23.3 Å². The van der Waals surface area contributed by atoms with E-state index in [1.165, 1.54) is 5.56 Å². The Morgan fingerprint density at radius 1 is 0.900 bits per heavy atom. The van der Waals surface area contributed by atoms with E-state index in [1.807, 2.05) is 88.7 Å². The molecule has 1 aliphatic rings. The average Bonchev–Trinajstić information content (AvgIpc) is 2.78. The van der Waals surface area contributed by atoms with Gasteiger partial charge in [-0.2, -0.15) is 0 Å². The topological polar surface area (TPSA) is 40.6 Å². The van der Waals surface area contributed by atoms with Crippen molar-refractivity contribution in [1.29, 1.82) is 0 Å². The fraction of sp³-hybridized carbons (Fsp3) is 0.231. The number of hydrogen-bond acceptors (Lipinski definition) is 2. The number of anilines is 1. The zero-order valence-electron chi connectivity index (χ0n) is 17.2. The lowest BCUT2D eigenvalue weighted by Gasteiger charge is -2.37. The first-order valence-electron chi connectivity index (χ1n) is 10.4. The van der Waals surface area contributed by atoms with Crippen LogP contribution in [0.15, 0.2) is 84.9 Å². The lowest BCUT2D eigenvalue weighted by molar-refractivity contribution is -0.133. The van der Waals surface area contributed by atoms with E-state index in [4.69, 9.17) is 0 Å². The number of rotatable bonds is 5. The molecule has 2 amide bonds. The molecule has 4 nitrogen and oxygen atoms in total. The smallest absolute Gasteiger partial charge is 0.229 e. The van der Waals surface area contributed by atoms with E-state index < -0.39 is 0 Å². The van der Waals surface area contributed by atoms with E-state index in [2.05, 4.69) is 6.07 Å². The van der Waals surface area contributed by atoms with Crippen LogP contribution in [0.5, 0.6) is 0 Å². The molecule has 1 aliphatic heterocycles. The number of nitrogens with zero attached hydrogens (tertiary/aromatic N) is 2. The van der Waals surface area contributed by atoms with Crippen LogP contribution >= 0.6 is 0 Å². The molecule has 152 valence electrons. The van der Waals surface area contributed by atoms with Crippen LogP contribution in [0, 0.1) is 0 Å². The summed E-state index contributed by atoms with van der Waals surface area (Å²) in [6, 6.07) is 27.7. The normalized spacial score (nSPS) is 15.4. The second-order valence-corrected chi connectivity index (χ2v) is 7.68. The van der Waals surface area contributed by atoms with Crippen LogP contribution in [0.4, 0.5) is 5.69 Å². The molecule has 0 saturated heterocycles. The molecular formula is C26H26N2O2. The van der Waals surface area contributed by atoms with Gasteiger partial charge in [-0.25, -0.2) is 0 Å². The van der Waals surface area contributed by atoms with E-state index >= 15 is 0 Å². The highest BCUT2D eigenvalue weighted by Gasteiger charge is 2.32. The number of carbonyl (C=O) groups excluding carboxylic acids is 2. The van der Waals surface area contributed by atoms with Gasteiger partial charge in [0.15, 0.2) is 0 Å². The van der Waals surface area contributed by atoms with Crippen molar-refractivity contribution in [3.8, 4) is 0 Å². The van der Waals surface area contributed by atoms with Crippen molar-refractivity contribution in [2.24, 2.45) is 0 Å². The third kappa shape index (κ3) is 4.28. The maximum absolute atomic E-state index is 13.6. The van der Waals surface area contributed by atoms with E-state index in [1.54, 1.807) is 6.92 Å². The number of benzene rings is 3. The molecule has 30 heavy (non-hydrogen) atoms. The van der Waals surface area contributed by atoms with Gasteiger partial charge in [-0.05, 0) is 35.2 Å². The molecule has 0 spiro atoms. The molecule has 0 N–H and O–H groups in total. The summed E-state index contributed by atoms with van der Waals surface area (Å²) in [7, 11) is 0. The van der Waals surface area contributed by atoms with Gasteiger partial charge in [-0.3, -0.25) is 9.59 Å². The van der Waals surface area contributed by atoms with Crippen molar-refractivity contribution < 1.29 is 9.59 Å². The van der Waals surface area contributed by atoms with Crippen LogP contribution in [0.25, 0.3) is 0 Å². The summed E-state index contributed by atoms with van der Waals surface area (Å²) in [5, 5.41) is 0. The number of amides is 2. The molecule has 4 rings (SSSR count). The molecular weight excluding hydrogens is 372 g/mol. The zero-order valence-corrected chi connectivity index (χ0v) is 17.2. The summed E-state index contributed by atoms with van der Waals surface area (Å²) in [6.45, 7) is 2.73. The Kier molecular flexibility index (Phi) is 5.94. The largest absolute Gasteiger partial charge is 0.335 e. The Hall–Kier alpha value is -3.40. The van der Waals surface area contributed by atoms with Gasteiger partial charge >= 0.3 is 0 Å². The molecule has 3 aromatic rings. The Morgan fingerprint density at radius 2 is 1.53 bits per heavy atom. The van der Waals surface area contributed by atoms with Crippen LogP contribution < -0.4 is 4.90 Å². The number of carbonyl (C=O) groups is 2. The molecule has 3 aromatic carbocycles. The van der Waals surface area contributed by atoms with Gasteiger partial charge in [-0.15, -0.1) is 0 Å². The van der Waals surface area contributed by atoms with Gasteiger partial charge in [0.05, 0.1) is 19.0 Å². The number of hydrogen-bond donors (Lipinski definition) is 0. The summed E-state index contributed by atoms with van der Waals surface area (Å²) in [5.41, 5.74) is 4.24. The predicted molar refractivity (Wildman–Crippen MR) is 119 cm³/mol. The first-order chi connectivity index (χ1) is 14.6. The highest BCUT2D eigenvalue weighted by atomic mass is 16.2. The van der Waals surface area contributed by atoms with E-state index in [-0.39, 0.29) is 24.3 Å². The molecule has 0 aliphatic carbocycles. The van der Waals surface area contributed by atoms with Crippen molar-refractivity contribution in [1.82, 2.24) is 4.90 Å². The maximum Gasteiger partial charge on any atom is 0.229 e. The Labute approximate surface area is 177 Å². The van der Waals surface area contributed by atoms with Gasteiger partial charge in [0, 0.05) is 19.2 Å². The lowest BCUT2D eigenvalue weighted by atomic mass is 9.90. The molecule has 1 unspecified atom stereocenters. The molecule has 0 radical (unpaired) electrons. The summed E-state index contributed by atoms with van der Waals surface area (Å²) < 4.78 is 0. The van der Waals surface area contributed by atoms with Gasteiger partial charge in [-0.1, -0.05) is 72.8 Å². The average molecular weight is 399 g/mol. The lowest BCUT2D eigenvalue weighted by Crippen LogP contribution is -2.42. The third-order valence-corrected chi connectivity index (χ3v) is 5.74. The summed E-state index contributed by atoms with van der Waals surface area (Å²) in [6.07, 6.45) is 1.09. The minimum absolute atomic E-state index is 0.0108. The first-order valence-corrected chi connectivity index (χ1v) is 10.4. The Bertz CT molecular complexity index is 1020. The second kappa shape index (κ2) is 8.95. The van der Waals surface area contributed by atoms with Crippen molar-refractivity contribution in [2.75, 3.05) is 11.4 Å². The second-order valence-electron chi connectivity index (χ2n) is 7.68. The van der Waals surface area contributed by atoms with E-state index in [0.29, 0.717) is 13.1 Å². The summed E-state index contributed by atoms with van der Waals surface area (Å²) >= 11 is 0. The highest BCUT2D eigenvalue weighted by Crippen LogP contribution is 2.33. The molecule has 4 heteroatoms. The van der Waals surface area contributed by atoms with Crippen LogP contribution in [0.2, 0.25) is 0 Å². The number of para-hydroxylation sites is 1. The standard InChI is InChI=1S/C26H26N2O2/c1-20(29)27-17-16-22-12-8-9-15-24(22)25(27)18-26(30)28(23-13-6-3-7-14-23)19-21-10-4-2-5-11-21/h2-15,25H,16-19H2,1H3. The summed E-state index contributed by atoms with van der Waals surface area (Å²) in [4.78, 5) is 29.6. The molecule has 0 fully saturated rings. The van der Waals surface area contributed by atoms with Crippen molar-refractivity contribution in [3.63, 3.8) is 0 Å². The first kappa shape index (κ1) is 19.9. The quantitative estimate of drug-likeness (QED) is 0.622. The molecule has 0 bridgehead atoms. The van der Waals surface area contributed by atoms with Gasteiger partial charge in [0.1, 0.15) is 0 Å². The van der Waals surface area contributed by atoms with Crippen molar-refractivity contribution in [3.05, 3.63) is 102 Å². The number of fused-ring (bicyclic) bond motifs is 1. The summed E-state index contributed by atoms with van der Waals surface area (Å²) in [5.74, 6) is 0.0228. The third-order valence-electron chi connectivity index (χ3n) is 5.74. The molecule has 0 saturated carbocycles. The van der Waals surface area contributed by atoms with E-state index in [9.17, 15) is 9.59 Å². The molecule has 1 heterocycles. The minimum Gasteiger partial charge on any atom is -0.335 e. The molecule has 1 atom stereocenters. The van der Waals surface area contributed by atoms with Gasteiger partial charge in [0.2, 0.25) is 11.8 Å². The zero-order chi connectivity index (χ0) is 20.9. The monoisotopic (exact) mass is 398 g/mol. The van der Waals surface area contributed by atoms with Crippen molar-refractivity contribution >= 4 is 17.5 Å². The van der Waals surface area contributed by atoms with E-state index in [0.717, 1.165) is 23.2 Å². The fourth-order valence-corrected chi connectivity index (χ4v) is 4.22. The molecule has 0 aromatic heterocycles. The Balaban J connectivity index is 1.65. The van der Waals surface area contributed by atoms with Gasteiger partial charge in [0.25, 0.3) is 0 Å².